The largest absolute Gasteiger partial charge is 0.469 e. The van der Waals surface area contributed by atoms with Gasteiger partial charge in [-0.25, -0.2) is 0 Å². The van der Waals surface area contributed by atoms with E-state index in [1.54, 1.807) is 0 Å². The lowest BCUT2D eigenvalue weighted by molar-refractivity contribution is -0.527. The Labute approximate surface area is 224 Å². The molecule has 8 nitrogen and oxygen atoms in total. The highest BCUT2D eigenvalue weighted by molar-refractivity contribution is 6.05. The standard InChI is InChI=1S/C30H42O8/c1-16-18-9-10-19-28-15-35-30(29(19,22(16)32)25(18)37-27(4,5)38-30)23(33)21(28)26(2,3)14-17-8-11-20(36-24(17)28)34-13-7-6-12-31/h18-21,23,25,31,33H,1,6-15H2,2-5H3/t18-,19-,20+,21+,23-,25?,28-,29-,30?/m0/s1. The van der Waals surface area contributed by atoms with Gasteiger partial charge in [0.05, 0.1) is 24.7 Å². The number of ketones is 1. The molecule has 4 bridgehead atoms. The molecule has 4 aliphatic heterocycles. The van der Waals surface area contributed by atoms with Crippen molar-refractivity contribution in [2.75, 3.05) is 19.8 Å². The highest BCUT2D eigenvalue weighted by Crippen LogP contribution is 2.80. The molecule has 0 amide bonds. The molecule has 8 aliphatic rings. The number of aliphatic hydroxyl groups is 2. The number of Topliss-reactive ketones (excluding diaryl/α,β-unsaturated/α-hetero) is 1. The Bertz CT molecular complexity index is 1110. The van der Waals surface area contributed by atoms with Crippen LogP contribution in [-0.2, 0) is 28.5 Å². The first kappa shape index (κ1) is 25.7. The lowest BCUT2D eigenvalue weighted by Gasteiger charge is -2.77. The number of ether oxygens (including phenoxy) is 5. The normalized spacial score (nSPS) is 49.3. The maximum Gasteiger partial charge on any atom is 0.213 e. The van der Waals surface area contributed by atoms with Gasteiger partial charge in [-0.2, -0.15) is 0 Å². The number of unbranched alkanes of at least 4 members (excludes halogenated alkanes) is 1. The van der Waals surface area contributed by atoms with Crippen molar-refractivity contribution < 1.29 is 38.7 Å². The van der Waals surface area contributed by atoms with Crippen molar-refractivity contribution in [1.82, 2.24) is 0 Å². The number of carbonyl (C=O) groups excluding carboxylic acids is 1. The Morgan fingerprint density at radius 2 is 1.92 bits per heavy atom. The van der Waals surface area contributed by atoms with Gasteiger partial charge in [0.1, 0.15) is 17.3 Å². The van der Waals surface area contributed by atoms with E-state index in [4.69, 9.17) is 28.8 Å². The summed E-state index contributed by atoms with van der Waals surface area (Å²) in [6.07, 6.45) is 3.60. The summed E-state index contributed by atoms with van der Waals surface area (Å²) in [5.74, 6) is -2.20. The van der Waals surface area contributed by atoms with Crippen molar-refractivity contribution in [3.63, 3.8) is 0 Å². The molecule has 38 heavy (non-hydrogen) atoms. The molecule has 4 aliphatic carbocycles. The van der Waals surface area contributed by atoms with E-state index in [1.807, 2.05) is 13.8 Å². The summed E-state index contributed by atoms with van der Waals surface area (Å²) in [6, 6.07) is 0. The molecular weight excluding hydrogens is 488 g/mol. The van der Waals surface area contributed by atoms with Gasteiger partial charge in [0.2, 0.25) is 5.79 Å². The van der Waals surface area contributed by atoms with Crippen LogP contribution in [-0.4, -0.2) is 65.9 Å². The molecule has 0 aromatic heterocycles. The molecule has 3 saturated carbocycles. The van der Waals surface area contributed by atoms with E-state index in [0.29, 0.717) is 25.2 Å². The number of hydrogen-bond donors (Lipinski definition) is 2. The zero-order chi connectivity index (χ0) is 26.9. The summed E-state index contributed by atoms with van der Waals surface area (Å²) >= 11 is 0. The Hall–Kier alpha value is -1.29. The van der Waals surface area contributed by atoms with Crippen molar-refractivity contribution in [2.24, 2.45) is 34.0 Å². The van der Waals surface area contributed by atoms with Crippen molar-refractivity contribution >= 4 is 5.78 Å². The quantitative estimate of drug-likeness (QED) is 0.411. The maximum absolute atomic E-state index is 14.4. The molecule has 3 spiro atoms. The van der Waals surface area contributed by atoms with E-state index in [-0.39, 0.29) is 35.6 Å². The second-order valence-electron chi connectivity index (χ2n) is 13.9. The van der Waals surface area contributed by atoms with Gasteiger partial charge in [0, 0.05) is 24.9 Å². The smallest absolute Gasteiger partial charge is 0.213 e. The minimum atomic E-state index is -1.49. The van der Waals surface area contributed by atoms with Gasteiger partial charge in [0.25, 0.3) is 0 Å². The predicted octanol–water partition coefficient (Wildman–Crippen LogP) is 3.60. The van der Waals surface area contributed by atoms with E-state index in [0.717, 1.165) is 44.3 Å². The van der Waals surface area contributed by atoms with Gasteiger partial charge >= 0.3 is 0 Å². The van der Waals surface area contributed by atoms with Gasteiger partial charge < -0.3 is 33.9 Å². The predicted molar refractivity (Wildman–Crippen MR) is 135 cm³/mol. The fourth-order valence-corrected chi connectivity index (χ4v) is 10.2. The first-order valence-corrected chi connectivity index (χ1v) is 14.5. The minimum Gasteiger partial charge on any atom is -0.469 e. The molecule has 4 heterocycles. The number of fused-ring (bicyclic) bond motifs is 1. The lowest BCUT2D eigenvalue weighted by atomic mass is 9.36. The van der Waals surface area contributed by atoms with Crippen molar-refractivity contribution in [3.05, 3.63) is 23.5 Å². The summed E-state index contributed by atoms with van der Waals surface area (Å²) in [7, 11) is 0. The van der Waals surface area contributed by atoms with Crippen molar-refractivity contribution in [1.29, 1.82) is 0 Å². The van der Waals surface area contributed by atoms with E-state index in [2.05, 4.69) is 20.4 Å². The molecule has 2 N–H and O–H groups in total. The van der Waals surface area contributed by atoms with Crippen LogP contribution in [0.5, 0.6) is 0 Å². The molecule has 0 radical (unpaired) electrons. The average Bonchev–Trinajstić information content (AvgIpc) is 2.97. The van der Waals surface area contributed by atoms with E-state index in [1.165, 1.54) is 5.57 Å². The van der Waals surface area contributed by atoms with E-state index in [9.17, 15) is 9.90 Å². The highest BCUT2D eigenvalue weighted by atomic mass is 16.8. The second-order valence-corrected chi connectivity index (χ2v) is 13.9. The summed E-state index contributed by atoms with van der Waals surface area (Å²) in [5, 5.41) is 21.6. The topological polar surface area (TPSA) is 104 Å². The second kappa shape index (κ2) is 7.92. The fraction of sp³-hybridized carbons (Fsp3) is 0.833. The molecule has 2 unspecified atom stereocenters. The van der Waals surface area contributed by atoms with Gasteiger partial charge in [-0.1, -0.05) is 20.4 Å². The van der Waals surface area contributed by atoms with Crippen LogP contribution in [0.4, 0.5) is 0 Å². The highest BCUT2D eigenvalue weighted by Gasteiger charge is 2.90. The first-order valence-electron chi connectivity index (χ1n) is 14.5. The molecular formula is C30H42O8. The van der Waals surface area contributed by atoms with Crippen LogP contribution in [0.25, 0.3) is 0 Å². The van der Waals surface area contributed by atoms with Crippen LogP contribution in [0.15, 0.2) is 23.5 Å². The summed E-state index contributed by atoms with van der Waals surface area (Å²) in [4.78, 5) is 14.4. The van der Waals surface area contributed by atoms with Gasteiger partial charge in [-0.15, -0.1) is 0 Å². The van der Waals surface area contributed by atoms with Crippen molar-refractivity contribution in [2.45, 2.75) is 103 Å². The Kier molecular flexibility index (Phi) is 5.35. The molecule has 0 aromatic carbocycles. The lowest BCUT2D eigenvalue weighted by Crippen LogP contribution is -2.87. The first-order chi connectivity index (χ1) is 18.0. The van der Waals surface area contributed by atoms with Crippen LogP contribution in [0, 0.1) is 34.0 Å². The zero-order valence-corrected chi connectivity index (χ0v) is 23.1. The number of hydrogen-bond acceptors (Lipinski definition) is 8. The summed E-state index contributed by atoms with van der Waals surface area (Å²) in [6.45, 7) is 13.4. The number of aliphatic hydroxyl groups excluding tert-OH is 2. The van der Waals surface area contributed by atoms with Gasteiger partial charge in [-0.05, 0) is 74.9 Å². The van der Waals surface area contributed by atoms with Gasteiger partial charge in [-0.3, -0.25) is 4.79 Å². The average molecular weight is 531 g/mol. The third-order valence-corrected chi connectivity index (χ3v) is 11.1. The minimum absolute atomic E-state index is 0.0692. The zero-order valence-electron chi connectivity index (χ0n) is 23.1. The number of rotatable bonds is 5. The van der Waals surface area contributed by atoms with Gasteiger partial charge in [0.15, 0.2) is 17.9 Å². The molecule has 210 valence electrons. The Balaban J connectivity index is 1.39. The molecule has 3 saturated heterocycles. The Morgan fingerprint density at radius 1 is 1.13 bits per heavy atom. The van der Waals surface area contributed by atoms with Crippen molar-refractivity contribution in [3.8, 4) is 0 Å². The van der Waals surface area contributed by atoms with Crippen LogP contribution < -0.4 is 0 Å². The molecule has 8 heteroatoms. The molecule has 8 rings (SSSR count). The molecule has 9 atom stereocenters. The maximum atomic E-state index is 14.4. The molecule has 6 fully saturated rings. The third-order valence-electron chi connectivity index (χ3n) is 11.1. The monoisotopic (exact) mass is 530 g/mol. The third kappa shape index (κ3) is 2.80. The number of allylic oxidation sites excluding steroid dienone is 1. The SMILES string of the molecule is C=C1C(=O)[C@@]23C4OC(C)(C)OC25OC[C@]2(C6=C(CC[C@H](OCCCCO)O6)CC(C)(C)[C@H]2[C@@H]5O)[C@@H]3CC[C@@H]14. The number of carbonyl (C=O) groups is 1. The van der Waals surface area contributed by atoms with Crippen LogP contribution in [0.3, 0.4) is 0 Å². The fourth-order valence-electron chi connectivity index (χ4n) is 10.2. The summed E-state index contributed by atoms with van der Waals surface area (Å²) in [5.41, 5.74) is -0.285. The van der Waals surface area contributed by atoms with Crippen LogP contribution in [0.1, 0.15) is 72.6 Å². The molecule has 0 aromatic rings. The van der Waals surface area contributed by atoms with E-state index >= 15 is 0 Å². The van der Waals surface area contributed by atoms with Crippen LogP contribution in [0.2, 0.25) is 0 Å². The van der Waals surface area contributed by atoms with E-state index < -0.39 is 40.9 Å². The summed E-state index contributed by atoms with van der Waals surface area (Å²) < 4.78 is 32.9. The Morgan fingerprint density at radius 3 is 2.68 bits per heavy atom. The van der Waals surface area contributed by atoms with Crippen LogP contribution >= 0.6 is 0 Å².